The maximum Gasteiger partial charge on any atom is 0.323 e. The van der Waals surface area contributed by atoms with Crippen molar-refractivity contribution < 1.29 is 23.1 Å². The van der Waals surface area contributed by atoms with Gasteiger partial charge in [-0.15, -0.1) is 11.3 Å². The number of anilines is 1. The molecule has 2 aliphatic heterocycles. The van der Waals surface area contributed by atoms with Crippen LogP contribution in [0.5, 0.6) is 0 Å². The Balaban J connectivity index is 1.60. The van der Waals surface area contributed by atoms with Crippen molar-refractivity contribution >= 4 is 28.4 Å². The summed E-state index contributed by atoms with van der Waals surface area (Å²) in [4.78, 5) is 31.3. The van der Waals surface area contributed by atoms with Crippen molar-refractivity contribution in [3.8, 4) is 0 Å². The molecule has 2 aliphatic rings. The minimum atomic E-state index is -2.61. The molecule has 3 rings (SSSR count). The average molecular weight is 360 g/mol. The number of urea groups is 1. The number of nitrogens with zero attached hydrogens (tertiary/aromatic N) is 3. The van der Waals surface area contributed by atoms with Gasteiger partial charge in [0, 0.05) is 25.0 Å². The Labute approximate surface area is 141 Å². The van der Waals surface area contributed by atoms with Crippen molar-refractivity contribution in [2.75, 3.05) is 37.7 Å². The molecule has 2 fully saturated rings. The largest absolute Gasteiger partial charge is 0.369 e. The Morgan fingerprint density at radius 3 is 3.08 bits per heavy atom. The van der Waals surface area contributed by atoms with Crippen molar-refractivity contribution in [1.82, 2.24) is 15.2 Å². The number of rotatable bonds is 4. The van der Waals surface area contributed by atoms with Crippen LogP contribution >= 0.6 is 11.3 Å². The van der Waals surface area contributed by atoms with E-state index in [4.69, 9.17) is 4.74 Å². The monoisotopic (exact) mass is 360 g/mol. The van der Waals surface area contributed by atoms with Gasteiger partial charge in [-0.05, 0) is 6.42 Å². The Bertz CT molecular complexity index is 613. The molecule has 7 nitrogen and oxygen atoms in total. The first kappa shape index (κ1) is 17.0. The lowest BCUT2D eigenvalue weighted by Gasteiger charge is -2.32. The topological polar surface area (TPSA) is 74.8 Å². The zero-order chi connectivity index (χ0) is 17.1. The van der Waals surface area contributed by atoms with E-state index in [0.29, 0.717) is 30.5 Å². The fraction of sp³-hybridized carbons (Fsp3) is 0.643. The molecule has 0 bridgehead atoms. The molecule has 0 aromatic carbocycles. The normalized spacial score (nSPS) is 22.0. The molecule has 24 heavy (non-hydrogen) atoms. The number of ether oxygens (including phenoxy) is 1. The first-order valence-electron chi connectivity index (χ1n) is 7.72. The minimum Gasteiger partial charge on any atom is -0.369 e. The Morgan fingerprint density at radius 2 is 2.33 bits per heavy atom. The van der Waals surface area contributed by atoms with E-state index in [1.165, 1.54) is 16.2 Å². The maximum absolute atomic E-state index is 12.7. The van der Waals surface area contributed by atoms with Crippen molar-refractivity contribution in [2.24, 2.45) is 0 Å². The SMILES string of the molecule is O=C(Cc1csc(N2CCCNC2=O)n1)N1CCO[C@@H](C(F)F)C1. The molecule has 0 aliphatic carbocycles. The predicted molar refractivity (Wildman–Crippen MR) is 83.5 cm³/mol. The molecule has 0 saturated carbocycles. The number of nitrogens with one attached hydrogen (secondary N) is 1. The number of carbonyl (C=O) groups is 2. The maximum atomic E-state index is 12.7. The van der Waals surface area contributed by atoms with Gasteiger partial charge in [-0.2, -0.15) is 0 Å². The quantitative estimate of drug-likeness (QED) is 0.873. The van der Waals surface area contributed by atoms with Gasteiger partial charge < -0.3 is 15.0 Å². The van der Waals surface area contributed by atoms with Crippen molar-refractivity contribution in [2.45, 2.75) is 25.4 Å². The van der Waals surface area contributed by atoms with E-state index >= 15 is 0 Å². The fourth-order valence-electron chi connectivity index (χ4n) is 2.63. The number of hydrogen-bond acceptors (Lipinski definition) is 5. The highest BCUT2D eigenvalue weighted by Crippen LogP contribution is 2.23. The summed E-state index contributed by atoms with van der Waals surface area (Å²) in [5.74, 6) is -0.260. The van der Waals surface area contributed by atoms with E-state index in [2.05, 4.69) is 10.3 Å². The molecule has 0 radical (unpaired) electrons. The summed E-state index contributed by atoms with van der Waals surface area (Å²) in [6.07, 6.45) is -2.97. The van der Waals surface area contributed by atoms with Gasteiger partial charge in [0.05, 0.1) is 25.3 Å². The van der Waals surface area contributed by atoms with Crippen LogP contribution in [0.3, 0.4) is 0 Å². The number of amides is 3. The predicted octanol–water partition coefficient (Wildman–Crippen LogP) is 1.10. The lowest BCUT2D eigenvalue weighted by molar-refractivity contribution is -0.145. The molecule has 10 heteroatoms. The summed E-state index contributed by atoms with van der Waals surface area (Å²) in [6, 6.07) is -0.193. The number of thiazole rings is 1. The molecular weight excluding hydrogens is 342 g/mol. The van der Waals surface area contributed by atoms with Crippen LogP contribution in [0, 0.1) is 0 Å². The second-order valence-corrected chi connectivity index (χ2v) is 6.46. The second-order valence-electron chi connectivity index (χ2n) is 5.62. The number of carbonyl (C=O) groups excluding carboxylic acids is 2. The van der Waals surface area contributed by atoms with Gasteiger partial charge in [0.25, 0.3) is 6.43 Å². The summed E-state index contributed by atoms with van der Waals surface area (Å²) in [6.45, 7) is 1.53. The molecule has 1 aromatic heterocycles. The van der Waals surface area contributed by atoms with Gasteiger partial charge in [0.2, 0.25) is 5.91 Å². The average Bonchev–Trinajstić information content (AvgIpc) is 3.03. The molecule has 0 unspecified atom stereocenters. The lowest BCUT2D eigenvalue weighted by atomic mass is 10.2. The third-order valence-electron chi connectivity index (χ3n) is 3.91. The minimum absolute atomic E-state index is 0.0297. The van der Waals surface area contributed by atoms with Crippen LogP contribution in [-0.4, -0.2) is 67.1 Å². The molecule has 132 valence electrons. The van der Waals surface area contributed by atoms with Crippen LogP contribution in [0.25, 0.3) is 0 Å². The number of alkyl halides is 2. The van der Waals surface area contributed by atoms with Crippen LogP contribution in [0.4, 0.5) is 18.7 Å². The van der Waals surface area contributed by atoms with Gasteiger partial charge in [-0.25, -0.2) is 18.6 Å². The first-order chi connectivity index (χ1) is 11.5. The van der Waals surface area contributed by atoms with Crippen molar-refractivity contribution in [1.29, 1.82) is 0 Å². The number of halogens is 2. The van der Waals surface area contributed by atoms with Crippen LogP contribution < -0.4 is 10.2 Å². The highest BCUT2D eigenvalue weighted by Gasteiger charge is 2.30. The van der Waals surface area contributed by atoms with Crippen LogP contribution in [-0.2, 0) is 16.0 Å². The standard InChI is InChI=1S/C14H18F2N4O3S/c15-12(16)10-7-19(4-5-23-10)11(21)6-9-8-24-14(18-9)20-3-1-2-17-13(20)22/h8,10,12H,1-7H2,(H,17,22)/t10-/m1/s1. The van der Waals surface area contributed by atoms with Crippen molar-refractivity contribution in [3.05, 3.63) is 11.1 Å². The van der Waals surface area contributed by atoms with E-state index in [-0.39, 0.29) is 31.5 Å². The molecular formula is C14H18F2N4O3S. The van der Waals surface area contributed by atoms with Gasteiger partial charge in [-0.1, -0.05) is 0 Å². The van der Waals surface area contributed by atoms with E-state index in [0.717, 1.165) is 6.42 Å². The molecule has 1 aromatic rings. The van der Waals surface area contributed by atoms with E-state index in [9.17, 15) is 18.4 Å². The molecule has 3 amide bonds. The Kier molecular flexibility index (Phi) is 5.24. The van der Waals surface area contributed by atoms with Gasteiger partial charge in [-0.3, -0.25) is 9.69 Å². The third kappa shape index (κ3) is 3.81. The molecule has 3 heterocycles. The second kappa shape index (κ2) is 7.39. The molecule has 1 N–H and O–H groups in total. The molecule has 0 spiro atoms. The fourth-order valence-corrected chi connectivity index (χ4v) is 3.48. The zero-order valence-electron chi connectivity index (χ0n) is 12.9. The summed E-state index contributed by atoms with van der Waals surface area (Å²) in [7, 11) is 0. The Hall–Kier alpha value is -1.81. The zero-order valence-corrected chi connectivity index (χ0v) is 13.7. The lowest BCUT2D eigenvalue weighted by Crippen LogP contribution is -2.48. The highest BCUT2D eigenvalue weighted by molar-refractivity contribution is 7.14. The third-order valence-corrected chi connectivity index (χ3v) is 4.82. The smallest absolute Gasteiger partial charge is 0.323 e. The van der Waals surface area contributed by atoms with Gasteiger partial charge in [0.15, 0.2) is 5.13 Å². The Morgan fingerprint density at radius 1 is 1.50 bits per heavy atom. The molecule has 2 saturated heterocycles. The van der Waals surface area contributed by atoms with Crippen LogP contribution in [0.2, 0.25) is 0 Å². The van der Waals surface area contributed by atoms with E-state index in [1.54, 1.807) is 10.3 Å². The number of hydrogen-bond donors (Lipinski definition) is 1. The van der Waals surface area contributed by atoms with E-state index < -0.39 is 12.5 Å². The number of morpholine rings is 1. The summed E-state index contributed by atoms with van der Waals surface area (Å²) < 4.78 is 30.4. The summed E-state index contributed by atoms with van der Waals surface area (Å²) in [5.41, 5.74) is 0.540. The summed E-state index contributed by atoms with van der Waals surface area (Å²) in [5, 5.41) is 5.01. The van der Waals surface area contributed by atoms with E-state index in [1.807, 2.05) is 0 Å². The number of aromatic nitrogens is 1. The first-order valence-corrected chi connectivity index (χ1v) is 8.60. The van der Waals surface area contributed by atoms with Crippen LogP contribution in [0.15, 0.2) is 5.38 Å². The van der Waals surface area contributed by atoms with Crippen molar-refractivity contribution in [3.63, 3.8) is 0 Å². The summed E-state index contributed by atoms with van der Waals surface area (Å²) >= 11 is 1.29. The van der Waals surface area contributed by atoms with Crippen LogP contribution in [0.1, 0.15) is 12.1 Å². The molecule has 1 atom stereocenters. The van der Waals surface area contributed by atoms with Gasteiger partial charge in [0.1, 0.15) is 6.10 Å². The highest BCUT2D eigenvalue weighted by atomic mass is 32.1. The van der Waals surface area contributed by atoms with Gasteiger partial charge >= 0.3 is 6.03 Å².